The van der Waals surface area contributed by atoms with Gasteiger partial charge in [0.2, 0.25) is 5.91 Å². The summed E-state index contributed by atoms with van der Waals surface area (Å²) < 4.78 is 5.42. The molecular weight excluding hydrogens is 264 g/mol. The van der Waals surface area contributed by atoms with Crippen LogP contribution in [0, 0.1) is 0 Å². The topological polar surface area (TPSA) is 41.6 Å². The van der Waals surface area contributed by atoms with Gasteiger partial charge in [-0.2, -0.15) is 0 Å². The van der Waals surface area contributed by atoms with Crippen LogP contribution in [0.25, 0.3) is 0 Å². The number of carbonyl (C=O) groups is 1. The predicted molar refractivity (Wildman–Crippen MR) is 82.6 cm³/mol. The van der Waals surface area contributed by atoms with Gasteiger partial charge in [0, 0.05) is 19.1 Å². The van der Waals surface area contributed by atoms with Gasteiger partial charge >= 0.3 is 0 Å². The fourth-order valence-electron chi connectivity index (χ4n) is 3.35. The summed E-state index contributed by atoms with van der Waals surface area (Å²) >= 11 is 0. The first-order valence-corrected chi connectivity index (χ1v) is 7.92. The van der Waals surface area contributed by atoms with E-state index in [4.69, 9.17) is 4.74 Å². The van der Waals surface area contributed by atoms with Crippen LogP contribution in [-0.2, 0) is 4.79 Å². The molecule has 21 heavy (non-hydrogen) atoms. The Bertz CT molecular complexity index is 491. The zero-order valence-electron chi connectivity index (χ0n) is 12.7. The number of nitrogens with one attached hydrogen (secondary N) is 1. The number of carbonyl (C=O) groups excluding carboxylic acids is 1. The predicted octanol–water partition coefficient (Wildman–Crippen LogP) is 2.15. The van der Waals surface area contributed by atoms with E-state index < -0.39 is 0 Å². The molecule has 1 saturated carbocycles. The SMILES string of the molecule is COc1ccccc1C1CC(NCC(=O)N2CCCC2)C1. The van der Waals surface area contributed by atoms with Gasteiger partial charge in [0.25, 0.3) is 0 Å². The van der Waals surface area contributed by atoms with Gasteiger partial charge in [-0.15, -0.1) is 0 Å². The monoisotopic (exact) mass is 288 g/mol. The molecule has 0 spiro atoms. The number of benzene rings is 1. The fourth-order valence-corrected chi connectivity index (χ4v) is 3.35. The highest BCUT2D eigenvalue weighted by Crippen LogP contribution is 2.40. The van der Waals surface area contributed by atoms with E-state index in [1.165, 1.54) is 5.56 Å². The molecule has 0 aromatic heterocycles. The lowest BCUT2D eigenvalue weighted by molar-refractivity contribution is -0.129. The molecule has 1 saturated heterocycles. The van der Waals surface area contributed by atoms with Crippen molar-refractivity contribution in [3.8, 4) is 5.75 Å². The lowest BCUT2D eigenvalue weighted by atomic mass is 9.75. The third-order valence-electron chi connectivity index (χ3n) is 4.72. The number of hydrogen-bond donors (Lipinski definition) is 1. The van der Waals surface area contributed by atoms with Crippen molar-refractivity contribution in [3.05, 3.63) is 29.8 Å². The van der Waals surface area contributed by atoms with Crippen molar-refractivity contribution < 1.29 is 9.53 Å². The molecule has 2 aliphatic rings. The highest BCUT2D eigenvalue weighted by Gasteiger charge is 2.32. The Morgan fingerprint density at radius 2 is 2.00 bits per heavy atom. The van der Waals surface area contributed by atoms with Gasteiger partial charge in [0.1, 0.15) is 5.75 Å². The summed E-state index contributed by atoms with van der Waals surface area (Å²) in [7, 11) is 1.72. The van der Waals surface area contributed by atoms with Crippen LogP contribution in [0.2, 0.25) is 0 Å². The number of methoxy groups -OCH3 is 1. The molecule has 1 aliphatic heterocycles. The number of nitrogens with zero attached hydrogens (tertiary/aromatic N) is 1. The summed E-state index contributed by atoms with van der Waals surface area (Å²) in [4.78, 5) is 14.0. The average Bonchev–Trinajstić information content (AvgIpc) is 3.00. The summed E-state index contributed by atoms with van der Waals surface area (Å²) in [5.74, 6) is 1.79. The molecule has 1 aliphatic carbocycles. The Kier molecular flexibility index (Phi) is 4.44. The van der Waals surface area contributed by atoms with Crippen LogP contribution in [-0.4, -0.2) is 43.6 Å². The number of amides is 1. The van der Waals surface area contributed by atoms with Crippen LogP contribution in [0.15, 0.2) is 24.3 Å². The Hall–Kier alpha value is -1.55. The van der Waals surface area contributed by atoms with E-state index in [9.17, 15) is 4.79 Å². The van der Waals surface area contributed by atoms with Gasteiger partial charge in [0.15, 0.2) is 0 Å². The van der Waals surface area contributed by atoms with Crippen LogP contribution in [0.3, 0.4) is 0 Å². The Labute approximate surface area is 126 Å². The summed E-state index contributed by atoms with van der Waals surface area (Å²) in [6.45, 7) is 2.37. The molecule has 1 aromatic carbocycles. The zero-order chi connectivity index (χ0) is 14.7. The smallest absolute Gasteiger partial charge is 0.236 e. The summed E-state index contributed by atoms with van der Waals surface area (Å²) in [5, 5.41) is 3.40. The quantitative estimate of drug-likeness (QED) is 0.902. The van der Waals surface area contributed by atoms with Crippen molar-refractivity contribution in [2.75, 3.05) is 26.7 Å². The second kappa shape index (κ2) is 6.48. The first-order valence-electron chi connectivity index (χ1n) is 7.92. The molecule has 4 heteroatoms. The zero-order valence-corrected chi connectivity index (χ0v) is 12.7. The molecule has 2 fully saturated rings. The second-order valence-electron chi connectivity index (χ2n) is 6.08. The minimum atomic E-state index is 0.258. The van der Waals surface area contributed by atoms with Crippen molar-refractivity contribution in [1.82, 2.24) is 10.2 Å². The molecule has 0 bridgehead atoms. The minimum absolute atomic E-state index is 0.258. The minimum Gasteiger partial charge on any atom is -0.496 e. The van der Waals surface area contributed by atoms with Gasteiger partial charge < -0.3 is 15.0 Å². The molecule has 4 nitrogen and oxygen atoms in total. The van der Waals surface area contributed by atoms with E-state index in [-0.39, 0.29) is 5.91 Å². The van der Waals surface area contributed by atoms with E-state index >= 15 is 0 Å². The third-order valence-corrected chi connectivity index (χ3v) is 4.72. The van der Waals surface area contributed by atoms with Gasteiger partial charge in [-0.3, -0.25) is 4.79 Å². The second-order valence-corrected chi connectivity index (χ2v) is 6.08. The molecule has 1 N–H and O–H groups in total. The van der Waals surface area contributed by atoms with Crippen molar-refractivity contribution in [2.24, 2.45) is 0 Å². The van der Waals surface area contributed by atoms with Crippen LogP contribution in [0.1, 0.15) is 37.2 Å². The number of rotatable bonds is 5. The van der Waals surface area contributed by atoms with E-state index in [0.29, 0.717) is 18.5 Å². The first kappa shape index (κ1) is 14.4. The molecule has 114 valence electrons. The van der Waals surface area contributed by atoms with Crippen LogP contribution in [0.4, 0.5) is 0 Å². The average molecular weight is 288 g/mol. The number of para-hydroxylation sites is 1. The van der Waals surface area contributed by atoms with E-state index in [1.54, 1.807) is 7.11 Å². The molecule has 0 radical (unpaired) electrons. The Morgan fingerprint density at radius 1 is 1.29 bits per heavy atom. The summed E-state index contributed by atoms with van der Waals surface area (Å²) in [6, 6.07) is 8.70. The maximum atomic E-state index is 12.0. The molecule has 3 rings (SSSR count). The summed E-state index contributed by atoms with van der Waals surface area (Å²) in [5.41, 5.74) is 1.30. The van der Waals surface area contributed by atoms with Gasteiger partial charge in [-0.05, 0) is 43.2 Å². The molecule has 1 aromatic rings. The molecular formula is C17H24N2O2. The lowest BCUT2D eigenvalue weighted by Gasteiger charge is -2.37. The fraction of sp³-hybridized carbons (Fsp3) is 0.588. The number of ether oxygens (including phenoxy) is 1. The first-order chi connectivity index (χ1) is 10.3. The van der Waals surface area contributed by atoms with E-state index in [1.807, 2.05) is 17.0 Å². The highest BCUT2D eigenvalue weighted by atomic mass is 16.5. The van der Waals surface area contributed by atoms with Gasteiger partial charge in [-0.1, -0.05) is 18.2 Å². The number of hydrogen-bond acceptors (Lipinski definition) is 3. The Balaban J connectivity index is 1.44. The van der Waals surface area contributed by atoms with Crippen LogP contribution >= 0.6 is 0 Å². The van der Waals surface area contributed by atoms with Crippen molar-refractivity contribution in [3.63, 3.8) is 0 Å². The largest absolute Gasteiger partial charge is 0.496 e. The molecule has 0 unspecified atom stereocenters. The molecule has 1 amide bonds. The third kappa shape index (κ3) is 3.21. The van der Waals surface area contributed by atoms with Crippen molar-refractivity contribution in [2.45, 2.75) is 37.6 Å². The van der Waals surface area contributed by atoms with Crippen LogP contribution in [0.5, 0.6) is 5.75 Å². The van der Waals surface area contributed by atoms with Gasteiger partial charge in [0.05, 0.1) is 13.7 Å². The van der Waals surface area contributed by atoms with Crippen molar-refractivity contribution >= 4 is 5.91 Å². The number of likely N-dealkylation sites (tertiary alicyclic amines) is 1. The molecule has 0 atom stereocenters. The van der Waals surface area contributed by atoms with Crippen molar-refractivity contribution in [1.29, 1.82) is 0 Å². The molecule has 1 heterocycles. The maximum Gasteiger partial charge on any atom is 0.236 e. The standard InChI is InChI=1S/C17H24N2O2/c1-21-16-7-3-2-6-15(16)13-10-14(11-13)18-12-17(20)19-8-4-5-9-19/h2-3,6-7,13-14,18H,4-5,8-12H2,1H3. The summed E-state index contributed by atoms with van der Waals surface area (Å²) in [6.07, 6.45) is 4.50. The van der Waals surface area contributed by atoms with Gasteiger partial charge in [-0.25, -0.2) is 0 Å². The highest BCUT2D eigenvalue weighted by molar-refractivity contribution is 5.78. The normalized spacial score (nSPS) is 24.7. The maximum absolute atomic E-state index is 12.0. The van der Waals surface area contributed by atoms with E-state index in [0.717, 1.165) is 44.5 Å². The van der Waals surface area contributed by atoms with E-state index in [2.05, 4.69) is 17.4 Å². The lowest BCUT2D eigenvalue weighted by Crippen LogP contribution is -2.45. The Morgan fingerprint density at radius 3 is 2.71 bits per heavy atom. The van der Waals surface area contributed by atoms with Crippen LogP contribution < -0.4 is 10.1 Å².